The number of hydrogen-bond donors (Lipinski definition) is 3. The van der Waals surface area contributed by atoms with Gasteiger partial charge in [0.25, 0.3) is 0 Å². The predicted molar refractivity (Wildman–Crippen MR) is 149 cm³/mol. The molecule has 3 aromatic carbocycles. The Hall–Kier alpha value is -4.17. The van der Waals surface area contributed by atoms with E-state index in [4.69, 9.17) is 4.74 Å². The highest BCUT2D eigenvalue weighted by atomic mass is 16.5. The lowest BCUT2D eigenvalue weighted by Gasteiger charge is -2.27. The second kappa shape index (κ2) is 12.6. The minimum absolute atomic E-state index is 0.109. The van der Waals surface area contributed by atoms with Gasteiger partial charge in [0.1, 0.15) is 18.7 Å². The zero-order valence-corrected chi connectivity index (χ0v) is 22.5. The van der Waals surface area contributed by atoms with Crippen molar-refractivity contribution in [2.24, 2.45) is 5.92 Å². The number of likely N-dealkylation sites (N-methyl/N-ethyl adjacent to an activating group) is 1. The minimum Gasteiger partial charge on any atom is -0.480 e. The van der Waals surface area contributed by atoms with E-state index in [1.165, 1.54) is 0 Å². The van der Waals surface area contributed by atoms with Gasteiger partial charge in [-0.05, 0) is 40.8 Å². The van der Waals surface area contributed by atoms with Gasteiger partial charge in [-0.15, -0.1) is 0 Å². The van der Waals surface area contributed by atoms with E-state index in [0.29, 0.717) is 6.54 Å². The van der Waals surface area contributed by atoms with Crippen molar-refractivity contribution in [2.45, 2.75) is 38.4 Å². The Morgan fingerprint density at radius 1 is 0.872 bits per heavy atom. The molecule has 0 aliphatic heterocycles. The van der Waals surface area contributed by atoms with Crippen molar-refractivity contribution in [3.8, 4) is 11.1 Å². The van der Waals surface area contributed by atoms with E-state index in [9.17, 15) is 19.5 Å². The summed E-state index contributed by atoms with van der Waals surface area (Å²) in [5, 5.41) is 14.8. The standard InChI is InChI=1S/C31H35N3O5/c1-20(2)28(30(36)37)33-29(35)27(18-34(3)17-21-11-5-4-6-12-21)32-31(38)39-19-26-24-15-9-7-13-22(24)23-14-8-10-16-25(23)26/h4-16,20,26-28H,17-19H2,1-3H3,(H,32,38)(H,33,35)(H,36,37)/t27?,28-/m1/s1. The number of carboxylic acid groups (broad SMARTS) is 1. The number of alkyl carbamates (subject to hydrolysis) is 1. The van der Waals surface area contributed by atoms with Gasteiger partial charge in [-0.1, -0.05) is 92.7 Å². The molecule has 8 heteroatoms. The third-order valence-electron chi connectivity index (χ3n) is 6.97. The highest BCUT2D eigenvalue weighted by molar-refractivity contribution is 5.89. The van der Waals surface area contributed by atoms with Gasteiger partial charge in [0.05, 0.1) is 0 Å². The molecule has 1 aliphatic carbocycles. The SMILES string of the molecule is CC(C)[C@@H](NC(=O)C(CN(C)Cc1ccccc1)NC(=O)OCC1c2ccccc2-c2ccccc21)C(=O)O. The Bertz CT molecular complexity index is 1260. The first-order chi connectivity index (χ1) is 18.7. The van der Waals surface area contributed by atoms with Crippen LogP contribution in [-0.2, 0) is 20.9 Å². The van der Waals surface area contributed by atoms with Crippen molar-refractivity contribution in [3.63, 3.8) is 0 Å². The number of fused-ring (bicyclic) bond motifs is 3. The molecule has 204 valence electrons. The van der Waals surface area contributed by atoms with Gasteiger partial charge in [0.15, 0.2) is 0 Å². The molecular formula is C31H35N3O5. The molecule has 0 aromatic heterocycles. The molecule has 39 heavy (non-hydrogen) atoms. The molecule has 1 aliphatic rings. The number of hydrogen-bond acceptors (Lipinski definition) is 5. The zero-order valence-electron chi connectivity index (χ0n) is 22.5. The Balaban J connectivity index is 1.45. The summed E-state index contributed by atoms with van der Waals surface area (Å²) < 4.78 is 5.66. The van der Waals surface area contributed by atoms with Crippen LogP contribution in [0.25, 0.3) is 11.1 Å². The summed E-state index contributed by atoms with van der Waals surface area (Å²) >= 11 is 0. The lowest BCUT2D eigenvalue weighted by atomic mass is 9.98. The molecule has 0 spiro atoms. The maximum atomic E-state index is 13.2. The molecule has 0 heterocycles. The fourth-order valence-electron chi connectivity index (χ4n) is 5.02. The van der Waals surface area contributed by atoms with Crippen molar-refractivity contribution in [2.75, 3.05) is 20.2 Å². The molecule has 2 atom stereocenters. The molecular weight excluding hydrogens is 494 g/mol. The molecule has 8 nitrogen and oxygen atoms in total. The first-order valence-corrected chi connectivity index (χ1v) is 13.1. The number of rotatable bonds is 11. The molecule has 0 saturated heterocycles. The average molecular weight is 530 g/mol. The van der Waals surface area contributed by atoms with Crippen molar-refractivity contribution in [1.29, 1.82) is 0 Å². The van der Waals surface area contributed by atoms with Crippen LogP contribution in [0.3, 0.4) is 0 Å². The molecule has 1 unspecified atom stereocenters. The van der Waals surface area contributed by atoms with Gasteiger partial charge in [0, 0.05) is 19.0 Å². The van der Waals surface area contributed by atoms with Crippen molar-refractivity contribution in [1.82, 2.24) is 15.5 Å². The van der Waals surface area contributed by atoms with Crippen LogP contribution in [0.4, 0.5) is 4.79 Å². The monoisotopic (exact) mass is 529 g/mol. The van der Waals surface area contributed by atoms with Gasteiger partial charge in [0.2, 0.25) is 5.91 Å². The summed E-state index contributed by atoms with van der Waals surface area (Å²) in [6.07, 6.45) is -0.735. The Kier molecular flexibility index (Phi) is 8.99. The summed E-state index contributed by atoms with van der Waals surface area (Å²) in [4.78, 5) is 39.8. The van der Waals surface area contributed by atoms with E-state index >= 15 is 0 Å². The van der Waals surface area contributed by atoms with E-state index in [2.05, 4.69) is 22.8 Å². The van der Waals surface area contributed by atoms with Gasteiger partial charge in [-0.25, -0.2) is 9.59 Å². The third kappa shape index (κ3) is 6.83. The third-order valence-corrected chi connectivity index (χ3v) is 6.97. The van der Waals surface area contributed by atoms with E-state index in [1.54, 1.807) is 13.8 Å². The molecule has 2 amide bonds. The lowest BCUT2D eigenvalue weighted by molar-refractivity contribution is -0.143. The number of carbonyl (C=O) groups is 3. The fourth-order valence-corrected chi connectivity index (χ4v) is 5.02. The maximum Gasteiger partial charge on any atom is 0.407 e. The summed E-state index contributed by atoms with van der Waals surface area (Å²) in [5.41, 5.74) is 5.46. The molecule has 0 saturated carbocycles. The van der Waals surface area contributed by atoms with Crippen molar-refractivity contribution < 1.29 is 24.2 Å². The van der Waals surface area contributed by atoms with E-state index in [-0.39, 0.29) is 25.0 Å². The van der Waals surface area contributed by atoms with Crippen LogP contribution in [0.15, 0.2) is 78.9 Å². The van der Waals surface area contributed by atoms with Gasteiger partial charge < -0.3 is 20.5 Å². The second-order valence-electron chi connectivity index (χ2n) is 10.3. The number of nitrogens with one attached hydrogen (secondary N) is 2. The van der Waals surface area contributed by atoms with E-state index < -0.39 is 30.1 Å². The number of aliphatic carboxylic acids is 1. The van der Waals surface area contributed by atoms with E-state index in [0.717, 1.165) is 27.8 Å². The molecule has 3 N–H and O–H groups in total. The van der Waals surface area contributed by atoms with Gasteiger partial charge in [-0.2, -0.15) is 0 Å². The largest absolute Gasteiger partial charge is 0.480 e. The summed E-state index contributed by atoms with van der Waals surface area (Å²) in [6.45, 7) is 4.25. The number of carbonyl (C=O) groups excluding carboxylic acids is 2. The summed E-state index contributed by atoms with van der Waals surface area (Å²) in [7, 11) is 1.84. The average Bonchev–Trinajstić information content (AvgIpc) is 3.24. The van der Waals surface area contributed by atoms with Crippen LogP contribution < -0.4 is 10.6 Å². The van der Waals surface area contributed by atoms with Gasteiger partial charge in [-0.3, -0.25) is 9.69 Å². The smallest absolute Gasteiger partial charge is 0.407 e. The van der Waals surface area contributed by atoms with Crippen LogP contribution in [-0.4, -0.2) is 60.3 Å². The number of nitrogens with zero attached hydrogens (tertiary/aromatic N) is 1. The van der Waals surface area contributed by atoms with Crippen LogP contribution in [0.1, 0.15) is 36.5 Å². The quantitative estimate of drug-likeness (QED) is 0.343. The first-order valence-electron chi connectivity index (χ1n) is 13.1. The molecule has 3 aromatic rings. The fraction of sp³-hybridized carbons (Fsp3) is 0.323. The van der Waals surface area contributed by atoms with Crippen molar-refractivity contribution in [3.05, 3.63) is 95.6 Å². The highest BCUT2D eigenvalue weighted by Crippen LogP contribution is 2.44. The summed E-state index contributed by atoms with van der Waals surface area (Å²) in [6, 6.07) is 23.7. The molecule has 0 radical (unpaired) electrons. The molecule has 4 rings (SSSR count). The Morgan fingerprint density at radius 2 is 1.44 bits per heavy atom. The highest BCUT2D eigenvalue weighted by Gasteiger charge is 2.32. The zero-order chi connectivity index (χ0) is 27.9. The minimum atomic E-state index is -1.13. The first kappa shape index (κ1) is 27.9. The maximum absolute atomic E-state index is 13.2. The number of amides is 2. The van der Waals surface area contributed by atoms with Crippen LogP contribution in [0, 0.1) is 5.92 Å². The summed E-state index contributed by atoms with van der Waals surface area (Å²) in [5.74, 6) is -2.16. The van der Waals surface area contributed by atoms with Crippen LogP contribution in [0.5, 0.6) is 0 Å². The molecule has 0 fully saturated rings. The topological polar surface area (TPSA) is 108 Å². The normalized spacial score (nSPS) is 13.9. The van der Waals surface area contributed by atoms with Crippen LogP contribution >= 0.6 is 0 Å². The number of carboxylic acids is 1. The number of benzene rings is 3. The van der Waals surface area contributed by atoms with E-state index in [1.807, 2.05) is 78.7 Å². The number of ether oxygens (including phenoxy) is 1. The Morgan fingerprint density at radius 3 is 2.00 bits per heavy atom. The lowest BCUT2D eigenvalue weighted by Crippen LogP contribution is -2.56. The van der Waals surface area contributed by atoms with Gasteiger partial charge >= 0.3 is 12.1 Å². The predicted octanol–water partition coefficient (Wildman–Crippen LogP) is 4.25. The second-order valence-corrected chi connectivity index (χ2v) is 10.3. The van der Waals surface area contributed by atoms with Crippen molar-refractivity contribution >= 4 is 18.0 Å². The van der Waals surface area contributed by atoms with Crippen LogP contribution in [0.2, 0.25) is 0 Å². The Labute approximate surface area is 229 Å². The molecule has 0 bridgehead atoms.